The van der Waals surface area contributed by atoms with Crippen molar-refractivity contribution in [2.45, 2.75) is 0 Å². The maximum atomic E-state index is 9.32. The molecule has 21 nitrogen and oxygen atoms in total. The largest absolute Gasteiger partial charge is 0.790 e. The molecule has 0 heterocycles. The van der Waals surface area contributed by atoms with Gasteiger partial charge in [-0.05, 0) is 0 Å². The van der Waals surface area contributed by atoms with Gasteiger partial charge in [-0.1, -0.05) is 0 Å². The molecule has 0 aromatic carbocycles. The first-order chi connectivity index (χ1) is 11.1. The average molecular weight is 890 g/mol. The molecule has 0 saturated carbocycles. The molecule has 0 radical (unpaired) electrons. The molecule has 0 rings (SSSR count). The van der Waals surface area contributed by atoms with Crippen LogP contribution in [0.1, 0.15) is 0 Å². The Morgan fingerprint density at radius 3 is 0.379 bits per heavy atom. The van der Waals surface area contributed by atoms with Gasteiger partial charge in [0.2, 0.25) is 0 Å². The van der Waals surface area contributed by atoms with Crippen LogP contribution in [0, 0.1) is 0 Å². The Bertz CT molecular complexity index is 552. The average Bonchev–Trinajstić information content (AvgIpc) is 1.96. The number of phosphoric acid groups is 6. The van der Waals surface area contributed by atoms with Crippen LogP contribution in [0.2, 0.25) is 0 Å². The first-order valence-electron chi connectivity index (χ1n) is 4.38. The minimum absolute atomic E-state index is 0. The maximum Gasteiger partial charge on any atom is 0.0655 e. The minimum atomic E-state index is -5.68. The summed E-state index contributed by atoms with van der Waals surface area (Å²) >= 11 is 0. The molecular formula is O21P6W2-12. The predicted octanol–water partition coefficient (Wildman–Crippen LogP) is -10.0. The summed E-state index contributed by atoms with van der Waals surface area (Å²) in [5.41, 5.74) is 0. The molecule has 29 heavy (non-hydrogen) atoms. The SMILES string of the molecule is O=P([O-])([O-])OP(=O)([O-])[O-].O=P([O-])([O-])OP(=O)([O-])[O-].O=P([O-])([O-])OP(=O)([O-])[O-].[W].[W]. The summed E-state index contributed by atoms with van der Waals surface area (Å²) in [5.74, 6) is 0. The van der Waals surface area contributed by atoms with Gasteiger partial charge in [0.1, 0.15) is 0 Å². The van der Waals surface area contributed by atoms with E-state index in [1.165, 1.54) is 0 Å². The third-order valence-electron chi connectivity index (χ3n) is 0.600. The van der Waals surface area contributed by atoms with Crippen LogP contribution in [0.25, 0.3) is 0 Å². The van der Waals surface area contributed by atoms with Gasteiger partial charge in [-0.2, -0.15) is 0 Å². The third kappa shape index (κ3) is 58.8. The number of hydrogen-bond donors (Lipinski definition) is 0. The van der Waals surface area contributed by atoms with E-state index in [1.54, 1.807) is 0 Å². The number of hydrogen-bond acceptors (Lipinski definition) is 21. The summed E-state index contributed by atoms with van der Waals surface area (Å²) in [4.78, 5) is 112. The van der Waals surface area contributed by atoms with Crippen molar-refractivity contribution < 1.29 is 141 Å². The van der Waals surface area contributed by atoms with Gasteiger partial charge >= 0.3 is 0 Å². The molecular weight excluding hydrogens is 890 g/mol. The van der Waals surface area contributed by atoms with Crippen molar-refractivity contribution in [3.63, 3.8) is 0 Å². The van der Waals surface area contributed by atoms with Crippen molar-refractivity contribution >= 4 is 46.9 Å². The van der Waals surface area contributed by atoms with E-state index < -0.39 is 46.9 Å². The van der Waals surface area contributed by atoms with Gasteiger partial charge in [0, 0.05) is 42.1 Å². The maximum absolute atomic E-state index is 9.32. The van der Waals surface area contributed by atoms with E-state index >= 15 is 0 Å². The molecule has 0 bridgehead atoms. The summed E-state index contributed by atoms with van der Waals surface area (Å²) in [5, 5.41) is 0. The van der Waals surface area contributed by atoms with E-state index in [9.17, 15) is 86.1 Å². The van der Waals surface area contributed by atoms with Gasteiger partial charge < -0.3 is 99.0 Å². The molecule has 0 aromatic rings. The molecule has 0 aliphatic carbocycles. The fourth-order valence-electron chi connectivity index (χ4n) is 0.367. The molecule has 0 aromatic heterocycles. The van der Waals surface area contributed by atoms with Gasteiger partial charge in [-0.15, -0.1) is 0 Å². The zero-order valence-corrected chi connectivity index (χ0v) is 23.3. The molecule has 0 spiro atoms. The van der Waals surface area contributed by atoms with E-state index in [1.807, 2.05) is 0 Å². The van der Waals surface area contributed by atoms with E-state index in [-0.39, 0.29) is 42.1 Å². The molecule has 0 amide bonds. The van der Waals surface area contributed by atoms with Crippen LogP contribution in [-0.2, 0) is 82.5 Å². The normalized spacial score (nSPS) is 12.8. The monoisotopic (exact) mass is 890 g/mol. The van der Waals surface area contributed by atoms with Crippen molar-refractivity contribution in [1.82, 2.24) is 0 Å². The Morgan fingerprint density at radius 1 is 0.310 bits per heavy atom. The molecule has 0 aliphatic heterocycles. The standard InChI is InChI=1S/3H4O7P2.2W/c3*1-8(2,3)7-9(4,5)6;;/h3*(H2,1,2,3)(H2,4,5,6);;/p-12. The summed E-state index contributed by atoms with van der Waals surface area (Å²) < 4.78 is 63.5. The smallest absolute Gasteiger partial charge is 0.0655 e. The second-order valence-corrected chi connectivity index (χ2v) is 10.3. The van der Waals surface area contributed by atoms with Crippen molar-refractivity contribution in [2.24, 2.45) is 0 Å². The van der Waals surface area contributed by atoms with Crippen LogP contribution < -0.4 is 58.7 Å². The zero-order valence-electron chi connectivity index (χ0n) is 12.1. The summed E-state index contributed by atoms with van der Waals surface area (Å²) in [6.07, 6.45) is 0. The van der Waals surface area contributed by atoms with Crippen LogP contribution in [-0.4, -0.2) is 0 Å². The second kappa shape index (κ2) is 15.1. The predicted molar refractivity (Wildman–Crippen MR) is 48.9 cm³/mol. The first-order valence-corrected chi connectivity index (χ1v) is 13.1. The second-order valence-electron chi connectivity index (χ2n) is 2.93. The van der Waals surface area contributed by atoms with Gasteiger partial charge in [0.25, 0.3) is 0 Å². The van der Waals surface area contributed by atoms with Crippen molar-refractivity contribution in [1.29, 1.82) is 0 Å². The van der Waals surface area contributed by atoms with Gasteiger partial charge in [0.05, 0.1) is 46.9 Å². The van der Waals surface area contributed by atoms with Crippen LogP contribution in [0.3, 0.4) is 0 Å². The Labute approximate surface area is 187 Å². The van der Waals surface area contributed by atoms with Crippen molar-refractivity contribution in [3.05, 3.63) is 0 Å². The third-order valence-corrected chi connectivity index (χ3v) is 5.40. The molecule has 0 N–H and O–H groups in total. The minimum Gasteiger partial charge on any atom is -0.790 e. The van der Waals surface area contributed by atoms with Crippen LogP contribution in [0.15, 0.2) is 0 Å². The molecule has 29 heteroatoms. The van der Waals surface area contributed by atoms with Crippen LogP contribution >= 0.6 is 46.9 Å². The fourth-order valence-corrected chi connectivity index (χ4v) is 3.31. The van der Waals surface area contributed by atoms with Crippen LogP contribution in [0.4, 0.5) is 0 Å². The summed E-state index contributed by atoms with van der Waals surface area (Å²) in [6, 6.07) is 0. The first kappa shape index (κ1) is 41.4. The Morgan fingerprint density at radius 2 is 0.379 bits per heavy atom. The molecule has 0 aliphatic rings. The zero-order chi connectivity index (χ0) is 23.1. The quantitative estimate of drug-likeness (QED) is 0.223. The van der Waals surface area contributed by atoms with Gasteiger partial charge in [-0.3, -0.25) is 0 Å². The van der Waals surface area contributed by atoms with Crippen molar-refractivity contribution in [2.75, 3.05) is 0 Å². The molecule has 0 fully saturated rings. The molecule has 180 valence electrons. The Balaban J connectivity index is -0.0000000960. The topological polar surface area (TPSA) is 407 Å². The van der Waals surface area contributed by atoms with E-state index in [2.05, 4.69) is 12.9 Å². The van der Waals surface area contributed by atoms with Crippen molar-refractivity contribution in [3.8, 4) is 0 Å². The van der Waals surface area contributed by atoms with Crippen LogP contribution in [0.5, 0.6) is 0 Å². The molecule has 0 saturated heterocycles. The van der Waals surface area contributed by atoms with E-state index in [0.29, 0.717) is 0 Å². The van der Waals surface area contributed by atoms with E-state index in [4.69, 9.17) is 0 Å². The Kier molecular flexibility index (Phi) is 21.6. The van der Waals surface area contributed by atoms with Gasteiger partial charge in [0.15, 0.2) is 0 Å². The fraction of sp³-hybridized carbons (Fsp3) is 0. The summed E-state index contributed by atoms with van der Waals surface area (Å²) in [7, 11) is -34.1. The molecule has 0 unspecified atom stereocenters. The molecule has 0 atom stereocenters. The Hall–Kier alpha value is 2.16. The van der Waals surface area contributed by atoms with E-state index in [0.717, 1.165) is 0 Å². The summed E-state index contributed by atoms with van der Waals surface area (Å²) in [6.45, 7) is 0. The van der Waals surface area contributed by atoms with Gasteiger partial charge in [-0.25, -0.2) is 0 Å². The number of rotatable bonds is 6.